The van der Waals surface area contributed by atoms with Gasteiger partial charge in [-0.25, -0.2) is 0 Å². The fraction of sp³-hybridized carbons (Fsp3) is 0.286. The first-order chi connectivity index (χ1) is 11.2. The van der Waals surface area contributed by atoms with Gasteiger partial charge >= 0.3 is 11.9 Å². The zero-order valence-electron chi connectivity index (χ0n) is 12.4. The van der Waals surface area contributed by atoms with Crippen molar-refractivity contribution in [1.82, 2.24) is 9.78 Å². The molecule has 1 heterocycles. The van der Waals surface area contributed by atoms with E-state index in [1.165, 1.54) is 23.7 Å². The van der Waals surface area contributed by atoms with Gasteiger partial charge in [0.1, 0.15) is 12.4 Å². The van der Waals surface area contributed by atoms with Crippen molar-refractivity contribution >= 4 is 17.3 Å². The number of aromatic nitrogens is 2. The molecule has 7 nitrogen and oxygen atoms in total. The van der Waals surface area contributed by atoms with E-state index in [0.717, 1.165) is 24.5 Å². The van der Waals surface area contributed by atoms with E-state index in [2.05, 4.69) is 10.4 Å². The van der Waals surface area contributed by atoms with Gasteiger partial charge in [0.2, 0.25) is 5.91 Å². The van der Waals surface area contributed by atoms with Crippen LogP contribution in [-0.2, 0) is 17.5 Å². The Kier molecular flexibility index (Phi) is 4.86. The summed E-state index contributed by atoms with van der Waals surface area (Å²) in [5, 5.41) is 16.5. The maximum absolute atomic E-state index is 12.9. The van der Waals surface area contributed by atoms with Gasteiger partial charge in [-0.3, -0.25) is 19.6 Å². The lowest BCUT2D eigenvalue weighted by molar-refractivity contribution is -0.385. The van der Waals surface area contributed by atoms with Gasteiger partial charge in [0.15, 0.2) is 0 Å². The molecular weight excluding hydrogens is 329 g/mol. The molecular formula is C14H13F3N4O3. The lowest BCUT2D eigenvalue weighted by Crippen LogP contribution is -2.26. The van der Waals surface area contributed by atoms with Crippen LogP contribution in [0.2, 0.25) is 0 Å². The molecule has 10 heteroatoms. The molecule has 0 fully saturated rings. The summed E-state index contributed by atoms with van der Waals surface area (Å²) in [5.41, 5.74) is -1.52. The second-order valence-corrected chi connectivity index (χ2v) is 5.11. The minimum absolute atomic E-state index is 0.00609. The van der Waals surface area contributed by atoms with Crippen LogP contribution in [0.15, 0.2) is 36.7 Å². The van der Waals surface area contributed by atoms with Gasteiger partial charge < -0.3 is 5.32 Å². The molecule has 0 aliphatic heterocycles. The van der Waals surface area contributed by atoms with E-state index in [-0.39, 0.29) is 17.9 Å². The zero-order valence-corrected chi connectivity index (χ0v) is 12.4. The largest absolute Gasteiger partial charge is 0.418 e. The SMILES string of the molecule is CC(Cn1cc([N+](=O)[O-])cn1)C(=O)Nc1ccccc1C(F)(F)F. The maximum atomic E-state index is 12.9. The number of alkyl halides is 3. The predicted molar refractivity (Wildman–Crippen MR) is 78.1 cm³/mol. The topological polar surface area (TPSA) is 90.1 Å². The van der Waals surface area contributed by atoms with Crippen molar-refractivity contribution in [2.45, 2.75) is 19.6 Å². The molecule has 24 heavy (non-hydrogen) atoms. The van der Waals surface area contributed by atoms with Gasteiger partial charge in [0.05, 0.1) is 28.6 Å². The summed E-state index contributed by atoms with van der Waals surface area (Å²) in [6, 6.07) is 4.64. The third-order valence-electron chi connectivity index (χ3n) is 3.23. The molecule has 2 rings (SSSR count). The van der Waals surface area contributed by atoms with Crippen LogP contribution in [0.4, 0.5) is 24.5 Å². The third-order valence-corrected chi connectivity index (χ3v) is 3.23. The molecule has 1 aromatic heterocycles. The van der Waals surface area contributed by atoms with E-state index in [0.29, 0.717) is 0 Å². The highest BCUT2D eigenvalue weighted by molar-refractivity contribution is 5.93. The van der Waals surface area contributed by atoms with Crippen LogP contribution < -0.4 is 5.32 Å². The molecule has 0 radical (unpaired) electrons. The molecule has 1 amide bonds. The highest BCUT2D eigenvalue weighted by Crippen LogP contribution is 2.34. The first-order valence-corrected chi connectivity index (χ1v) is 6.82. The van der Waals surface area contributed by atoms with Crippen molar-refractivity contribution < 1.29 is 22.9 Å². The van der Waals surface area contributed by atoms with Gasteiger partial charge in [0.25, 0.3) is 0 Å². The molecule has 1 N–H and O–H groups in total. The van der Waals surface area contributed by atoms with Gasteiger partial charge in [-0.2, -0.15) is 18.3 Å². The van der Waals surface area contributed by atoms with Crippen molar-refractivity contribution in [3.8, 4) is 0 Å². The number of rotatable bonds is 5. The van der Waals surface area contributed by atoms with Crippen LogP contribution in [-0.4, -0.2) is 20.6 Å². The lowest BCUT2D eigenvalue weighted by Gasteiger charge is -2.16. The van der Waals surface area contributed by atoms with Crippen molar-refractivity contribution in [2.75, 3.05) is 5.32 Å². The number of anilines is 1. The van der Waals surface area contributed by atoms with E-state index in [4.69, 9.17) is 0 Å². The molecule has 0 spiro atoms. The number of nitrogens with zero attached hydrogens (tertiary/aromatic N) is 3. The fourth-order valence-corrected chi connectivity index (χ4v) is 2.01. The van der Waals surface area contributed by atoms with Crippen LogP contribution in [0.1, 0.15) is 12.5 Å². The molecule has 0 aliphatic carbocycles. The van der Waals surface area contributed by atoms with Crippen molar-refractivity contribution in [3.63, 3.8) is 0 Å². The van der Waals surface area contributed by atoms with E-state index in [1.807, 2.05) is 0 Å². The summed E-state index contributed by atoms with van der Waals surface area (Å²) >= 11 is 0. The van der Waals surface area contributed by atoms with Crippen LogP contribution in [0.25, 0.3) is 0 Å². The number of amides is 1. The first-order valence-electron chi connectivity index (χ1n) is 6.82. The average Bonchev–Trinajstić information content (AvgIpc) is 2.95. The molecule has 1 atom stereocenters. The number of benzene rings is 1. The highest BCUT2D eigenvalue weighted by Gasteiger charge is 2.33. The Balaban J connectivity index is 2.08. The Bertz CT molecular complexity index is 758. The smallest absolute Gasteiger partial charge is 0.325 e. The summed E-state index contributed by atoms with van der Waals surface area (Å²) in [7, 11) is 0. The van der Waals surface area contributed by atoms with Crippen LogP contribution in [0.5, 0.6) is 0 Å². The van der Waals surface area contributed by atoms with Crippen LogP contribution >= 0.6 is 0 Å². The summed E-state index contributed by atoms with van der Waals surface area (Å²) in [6.45, 7) is 1.48. The molecule has 0 saturated heterocycles. The van der Waals surface area contributed by atoms with Crippen LogP contribution in [0.3, 0.4) is 0 Å². The number of hydrogen-bond donors (Lipinski definition) is 1. The quantitative estimate of drug-likeness (QED) is 0.668. The number of nitro groups is 1. The molecule has 128 valence electrons. The maximum Gasteiger partial charge on any atom is 0.418 e. The fourth-order valence-electron chi connectivity index (χ4n) is 2.01. The lowest BCUT2D eigenvalue weighted by atomic mass is 10.1. The molecule has 0 bridgehead atoms. The summed E-state index contributed by atoms with van der Waals surface area (Å²) in [5.74, 6) is -1.39. The average molecular weight is 342 g/mol. The Morgan fingerprint density at radius 1 is 1.42 bits per heavy atom. The van der Waals surface area contributed by atoms with Gasteiger partial charge in [-0.05, 0) is 12.1 Å². The number of hydrogen-bond acceptors (Lipinski definition) is 4. The Morgan fingerprint density at radius 2 is 2.08 bits per heavy atom. The summed E-state index contributed by atoms with van der Waals surface area (Å²) in [6.07, 6.45) is -2.41. The molecule has 0 saturated carbocycles. The Labute approximate surface area is 134 Å². The minimum atomic E-state index is -4.59. The molecule has 1 aromatic carbocycles. The number of nitrogens with one attached hydrogen (secondary N) is 1. The zero-order chi connectivity index (χ0) is 17.9. The normalized spacial score (nSPS) is 12.7. The van der Waals surface area contributed by atoms with Crippen LogP contribution in [0, 0.1) is 16.0 Å². The molecule has 1 unspecified atom stereocenters. The van der Waals surface area contributed by atoms with Crippen molar-refractivity contribution in [3.05, 3.63) is 52.3 Å². The number of para-hydroxylation sites is 1. The minimum Gasteiger partial charge on any atom is -0.325 e. The second kappa shape index (κ2) is 6.69. The first kappa shape index (κ1) is 17.4. The molecule has 2 aromatic rings. The molecule has 0 aliphatic rings. The predicted octanol–water partition coefficient (Wildman–Crippen LogP) is 3.08. The second-order valence-electron chi connectivity index (χ2n) is 5.11. The monoisotopic (exact) mass is 342 g/mol. The number of carbonyl (C=O) groups is 1. The standard InChI is InChI=1S/C14H13F3N4O3/c1-9(7-20-8-10(6-18-20)21(23)24)13(22)19-12-5-3-2-4-11(12)14(15,16)17/h2-6,8-9H,7H2,1H3,(H,19,22). The van der Waals surface area contributed by atoms with E-state index in [1.54, 1.807) is 0 Å². The number of carbonyl (C=O) groups excluding carboxylic acids is 1. The van der Waals surface area contributed by atoms with Crippen molar-refractivity contribution in [2.24, 2.45) is 5.92 Å². The highest BCUT2D eigenvalue weighted by atomic mass is 19.4. The number of halogens is 3. The van der Waals surface area contributed by atoms with Gasteiger partial charge in [-0.15, -0.1) is 0 Å². The third kappa shape index (κ3) is 4.09. The van der Waals surface area contributed by atoms with Crippen molar-refractivity contribution in [1.29, 1.82) is 0 Å². The van der Waals surface area contributed by atoms with Gasteiger partial charge in [0, 0.05) is 0 Å². The summed E-state index contributed by atoms with van der Waals surface area (Å²) < 4.78 is 39.9. The van der Waals surface area contributed by atoms with E-state index >= 15 is 0 Å². The Morgan fingerprint density at radius 3 is 2.67 bits per heavy atom. The van der Waals surface area contributed by atoms with E-state index < -0.39 is 28.5 Å². The van der Waals surface area contributed by atoms with E-state index in [9.17, 15) is 28.1 Å². The summed E-state index contributed by atoms with van der Waals surface area (Å²) in [4.78, 5) is 22.0. The Hall–Kier alpha value is -2.91. The van der Waals surface area contributed by atoms with Gasteiger partial charge in [-0.1, -0.05) is 19.1 Å².